The van der Waals surface area contributed by atoms with E-state index < -0.39 is 5.97 Å². The fourth-order valence-corrected chi connectivity index (χ4v) is 2.17. The third kappa shape index (κ3) is 6.35. The zero-order valence-electron chi connectivity index (χ0n) is 14.0. The molecule has 2 rings (SSSR count). The Morgan fingerprint density at radius 3 is 2.28 bits per heavy atom. The van der Waals surface area contributed by atoms with E-state index in [1.165, 1.54) is 12.1 Å². The molecule has 0 fully saturated rings. The monoisotopic (exact) mass is 345 g/mol. The van der Waals surface area contributed by atoms with Gasteiger partial charge >= 0.3 is 5.97 Å². The molecular formula is C19H20FNO4. The standard InChI is InChI=1S/C19H20FNO4/c1-24-12-15-2-6-16(7-3-15)19(23)25-13-18(22)21-11-10-14-4-8-17(20)9-5-14/h2-9H,10-13H2,1H3,(H,21,22). The second-order valence-corrected chi connectivity index (χ2v) is 5.43. The van der Waals surface area contributed by atoms with Gasteiger partial charge < -0.3 is 14.8 Å². The molecule has 0 heterocycles. The predicted octanol–water partition coefficient (Wildman–Crippen LogP) is 2.49. The number of methoxy groups -OCH3 is 1. The van der Waals surface area contributed by atoms with Crippen LogP contribution < -0.4 is 5.32 Å². The van der Waals surface area contributed by atoms with Crippen molar-refractivity contribution in [2.24, 2.45) is 0 Å². The normalized spacial score (nSPS) is 10.3. The van der Waals surface area contributed by atoms with Crippen LogP contribution in [-0.4, -0.2) is 32.1 Å². The van der Waals surface area contributed by atoms with Gasteiger partial charge in [-0.05, 0) is 41.8 Å². The van der Waals surface area contributed by atoms with Crippen molar-refractivity contribution in [1.29, 1.82) is 0 Å². The van der Waals surface area contributed by atoms with Crippen LogP contribution in [0.3, 0.4) is 0 Å². The van der Waals surface area contributed by atoms with E-state index in [4.69, 9.17) is 9.47 Å². The number of amides is 1. The predicted molar refractivity (Wildman–Crippen MR) is 90.6 cm³/mol. The molecule has 25 heavy (non-hydrogen) atoms. The summed E-state index contributed by atoms with van der Waals surface area (Å²) in [6, 6.07) is 12.9. The molecule has 132 valence electrons. The number of ether oxygens (including phenoxy) is 2. The first kappa shape index (κ1) is 18.6. The second-order valence-electron chi connectivity index (χ2n) is 5.43. The molecule has 5 nitrogen and oxygen atoms in total. The maximum atomic E-state index is 12.8. The molecule has 0 radical (unpaired) electrons. The van der Waals surface area contributed by atoms with Gasteiger partial charge in [-0.2, -0.15) is 0 Å². The lowest BCUT2D eigenvalue weighted by atomic mass is 10.1. The maximum Gasteiger partial charge on any atom is 0.338 e. The minimum Gasteiger partial charge on any atom is -0.452 e. The summed E-state index contributed by atoms with van der Waals surface area (Å²) in [6.45, 7) is 0.502. The van der Waals surface area contributed by atoms with Gasteiger partial charge in [0.25, 0.3) is 5.91 Å². The van der Waals surface area contributed by atoms with Crippen molar-refractivity contribution in [1.82, 2.24) is 5.32 Å². The summed E-state index contributed by atoms with van der Waals surface area (Å²) in [5.41, 5.74) is 2.23. The first-order valence-corrected chi connectivity index (χ1v) is 7.84. The maximum absolute atomic E-state index is 12.8. The van der Waals surface area contributed by atoms with E-state index in [0.29, 0.717) is 25.1 Å². The molecule has 1 amide bonds. The molecule has 0 unspecified atom stereocenters. The van der Waals surface area contributed by atoms with Crippen LogP contribution in [0.4, 0.5) is 4.39 Å². The molecule has 0 aromatic heterocycles. The Morgan fingerprint density at radius 1 is 1.00 bits per heavy atom. The zero-order valence-corrected chi connectivity index (χ0v) is 14.0. The van der Waals surface area contributed by atoms with Gasteiger partial charge in [0.2, 0.25) is 0 Å². The fraction of sp³-hybridized carbons (Fsp3) is 0.263. The van der Waals surface area contributed by atoms with Gasteiger partial charge in [0.05, 0.1) is 12.2 Å². The Labute approximate surface area is 145 Å². The number of carbonyl (C=O) groups excluding carboxylic acids is 2. The molecule has 0 aliphatic heterocycles. The number of hydrogen-bond acceptors (Lipinski definition) is 4. The second kappa shape index (κ2) is 9.54. The van der Waals surface area contributed by atoms with E-state index in [2.05, 4.69) is 5.32 Å². The van der Waals surface area contributed by atoms with Gasteiger partial charge in [0.15, 0.2) is 6.61 Å². The first-order valence-electron chi connectivity index (χ1n) is 7.84. The number of benzene rings is 2. The minimum absolute atomic E-state index is 0.296. The number of hydrogen-bond donors (Lipinski definition) is 1. The highest BCUT2D eigenvalue weighted by Crippen LogP contribution is 2.07. The van der Waals surface area contributed by atoms with Gasteiger partial charge in [0, 0.05) is 13.7 Å². The quantitative estimate of drug-likeness (QED) is 0.747. The topological polar surface area (TPSA) is 64.6 Å². The van der Waals surface area contributed by atoms with Crippen molar-refractivity contribution in [3.8, 4) is 0 Å². The highest BCUT2D eigenvalue weighted by Gasteiger charge is 2.10. The third-order valence-corrected chi connectivity index (χ3v) is 3.48. The van der Waals surface area contributed by atoms with Crippen LogP contribution in [-0.2, 0) is 27.3 Å². The molecule has 1 N–H and O–H groups in total. The van der Waals surface area contributed by atoms with Gasteiger partial charge in [0.1, 0.15) is 5.82 Å². The summed E-state index contributed by atoms with van der Waals surface area (Å²) in [7, 11) is 1.59. The minimum atomic E-state index is -0.558. The summed E-state index contributed by atoms with van der Waals surface area (Å²) in [5.74, 6) is -1.24. The largest absolute Gasteiger partial charge is 0.452 e. The van der Waals surface area contributed by atoms with Crippen LogP contribution in [0.5, 0.6) is 0 Å². The Balaban J connectivity index is 1.70. The van der Waals surface area contributed by atoms with E-state index in [1.807, 2.05) is 0 Å². The van der Waals surface area contributed by atoms with Crippen LogP contribution in [0.25, 0.3) is 0 Å². The van der Waals surface area contributed by atoms with Crippen LogP contribution in [0.2, 0.25) is 0 Å². The number of rotatable bonds is 8. The van der Waals surface area contributed by atoms with E-state index >= 15 is 0 Å². The Morgan fingerprint density at radius 2 is 1.64 bits per heavy atom. The molecule has 0 saturated heterocycles. The number of esters is 1. The van der Waals surface area contributed by atoms with Crippen molar-refractivity contribution in [2.75, 3.05) is 20.3 Å². The smallest absolute Gasteiger partial charge is 0.338 e. The van der Waals surface area contributed by atoms with Crippen molar-refractivity contribution < 1.29 is 23.5 Å². The van der Waals surface area contributed by atoms with E-state index in [9.17, 15) is 14.0 Å². The van der Waals surface area contributed by atoms with E-state index in [-0.39, 0.29) is 18.3 Å². The van der Waals surface area contributed by atoms with Gasteiger partial charge in [-0.15, -0.1) is 0 Å². The van der Waals surface area contributed by atoms with Gasteiger partial charge in [-0.25, -0.2) is 9.18 Å². The van der Waals surface area contributed by atoms with Crippen molar-refractivity contribution >= 4 is 11.9 Å². The highest BCUT2D eigenvalue weighted by molar-refractivity contribution is 5.91. The molecule has 0 atom stereocenters. The first-order chi connectivity index (χ1) is 12.1. The lowest BCUT2D eigenvalue weighted by Crippen LogP contribution is -2.30. The molecule has 2 aromatic rings. The summed E-state index contributed by atoms with van der Waals surface area (Å²) in [5, 5.41) is 2.65. The average Bonchev–Trinajstić information content (AvgIpc) is 2.62. The lowest BCUT2D eigenvalue weighted by Gasteiger charge is -2.07. The summed E-state index contributed by atoms with van der Waals surface area (Å²) >= 11 is 0. The molecule has 0 bridgehead atoms. The van der Waals surface area contributed by atoms with Crippen molar-refractivity contribution in [3.05, 3.63) is 71.0 Å². The number of nitrogens with one attached hydrogen (secondary N) is 1. The third-order valence-electron chi connectivity index (χ3n) is 3.48. The van der Waals surface area contributed by atoms with Crippen LogP contribution in [0.1, 0.15) is 21.5 Å². The molecule has 0 aliphatic carbocycles. The fourth-order valence-electron chi connectivity index (χ4n) is 2.17. The summed E-state index contributed by atoms with van der Waals surface area (Å²) < 4.78 is 22.8. The van der Waals surface area contributed by atoms with Crippen LogP contribution in [0.15, 0.2) is 48.5 Å². The summed E-state index contributed by atoms with van der Waals surface area (Å²) in [4.78, 5) is 23.6. The number of halogens is 1. The SMILES string of the molecule is COCc1ccc(C(=O)OCC(=O)NCCc2ccc(F)cc2)cc1. The molecule has 0 saturated carbocycles. The lowest BCUT2D eigenvalue weighted by molar-refractivity contribution is -0.124. The van der Waals surface area contributed by atoms with E-state index in [0.717, 1.165) is 11.1 Å². The Hall–Kier alpha value is -2.73. The zero-order chi connectivity index (χ0) is 18.1. The Bertz CT molecular complexity index is 698. The molecular weight excluding hydrogens is 325 g/mol. The molecule has 6 heteroatoms. The number of carbonyl (C=O) groups is 2. The molecule has 2 aromatic carbocycles. The van der Waals surface area contributed by atoms with Crippen molar-refractivity contribution in [2.45, 2.75) is 13.0 Å². The van der Waals surface area contributed by atoms with Gasteiger partial charge in [-0.1, -0.05) is 24.3 Å². The van der Waals surface area contributed by atoms with Gasteiger partial charge in [-0.3, -0.25) is 4.79 Å². The van der Waals surface area contributed by atoms with E-state index in [1.54, 1.807) is 43.5 Å². The van der Waals surface area contributed by atoms with Crippen molar-refractivity contribution in [3.63, 3.8) is 0 Å². The van der Waals surface area contributed by atoms with Crippen LogP contribution in [0, 0.1) is 5.82 Å². The molecule has 0 aliphatic rings. The van der Waals surface area contributed by atoms with Crippen LogP contribution >= 0.6 is 0 Å². The summed E-state index contributed by atoms with van der Waals surface area (Å²) in [6.07, 6.45) is 0.570. The Kier molecular flexibility index (Phi) is 7.10. The highest BCUT2D eigenvalue weighted by atomic mass is 19.1. The molecule has 0 spiro atoms. The average molecular weight is 345 g/mol.